The fourth-order valence-corrected chi connectivity index (χ4v) is 1.78. The van der Waals surface area contributed by atoms with Crippen LogP contribution in [0, 0.1) is 10.1 Å². The summed E-state index contributed by atoms with van der Waals surface area (Å²) in [7, 11) is 1.49. The van der Waals surface area contributed by atoms with E-state index in [1.54, 1.807) is 13.8 Å². The van der Waals surface area contributed by atoms with Crippen molar-refractivity contribution in [2.75, 3.05) is 18.5 Å². The minimum absolute atomic E-state index is 0.0498. The van der Waals surface area contributed by atoms with E-state index in [1.165, 1.54) is 18.0 Å². The molecule has 2 N–H and O–H groups in total. The normalized spacial score (nSPS) is 10.3. The number of nitrogens with one attached hydrogen (secondary N) is 1. The average Bonchev–Trinajstić information content (AvgIpc) is 2.36. The minimum Gasteiger partial charge on any atom is -0.478 e. The van der Waals surface area contributed by atoms with Gasteiger partial charge in [0.05, 0.1) is 17.0 Å². The zero-order chi connectivity index (χ0) is 16.2. The number of carboxylic acids is 1. The van der Waals surface area contributed by atoms with Gasteiger partial charge in [0.25, 0.3) is 5.69 Å². The lowest BCUT2D eigenvalue weighted by Gasteiger charge is -2.20. The number of aromatic carboxylic acids is 1. The van der Waals surface area contributed by atoms with Crippen LogP contribution in [0.25, 0.3) is 0 Å². The van der Waals surface area contributed by atoms with Gasteiger partial charge in [-0.2, -0.15) is 0 Å². The second kappa shape index (κ2) is 6.69. The third-order valence-corrected chi connectivity index (χ3v) is 2.66. The Balaban J connectivity index is 3.07. The van der Waals surface area contributed by atoms with Crippen molar-refractivity contribution in [1.82, 2.24) is 5.32 Å². The number of likely N-dealkylation sites (N-methyl/N-ethyl adjacent to an activating group) is 1. The Morgan fingerprint density at radius 3 is 2.52 bits per heavy atom. The number of carbonyl (C=O) groups is 2. The smallest absolute Gasteiger partial charge is 0.335 e. The number of carbonyl (C=O) groups excluding carboxylic acids is 1. The highest BCUT2D eigenvalue weighted by Crippen LogP contribution is 2.28. The van der Waals surface area contributed by atoms with Crippen LogP contribution in [0.3, 0.4) is 0 Å². The number of hydrogen-bond acceptors (Lipinski definition) is 5. The van der Waals surface area contributed by atoms with Gasteiger partial charge in [0.1, 0.15) is 5.69 Å². The number of nitrogens with zero attached hydrogens (tertiary/aromatic N) is 2. The average molecular weight is 295 g/mol. The van der Waals surface area contributed by atoms with Crippen molar-refractivity contribution in [3.05, 3.63) is 33.9 Å². The van der Waals surface area contributed by atoms with Gasteiger partial charge in [-0.25, -0.2) is 4.79 Å². The number of amides is 1. The summed E-state index contributed by atoms with van der Waals surface area (Å²) in [6.45, 7) is 3.49. The fraction of sp³-hybridized carbons (Fsp3) is 0.385. The van der Waals surface area contributed by atoms with Crippen molar-refractivity contribution < 1.29 is 19.6 Å². The molecule has 0 aliphatic heterocycles. The molecule has 0 aliphatic rings. The first-order valence-corrected chi connectivity index (χ1v) is 6.24. The highest BCUT2D eigenvalue weighted by molar-refractivity contribution is 5.91. The minimum atomic E-state index is -1.19. The van der Waals surface area contributed by atoms with E-state index >= 15 is 0 Å². The molecule has 0 fully saturated rings. The van der Waals surface area contributed by atoms with Gasteiger partial charge in [0, 0.05) is 19.2 Å². The molecule has 1 aromatic carbocycles. The summed E-state index contributed by atoms with van der Waals surface area (Å²) < 4.78 is 0. The maximum atomic E-state index is 11.7. The summed E-state index contributed by atoms with van der Waals surface area (Å²) in [4.78, 5) is 34.4. The highest BCUT2D eigenvalue weighted by atomic mass is 16.6. The van der Waals surface area contributed by atoms with Gasteiger partial charge < -0.3 is 15.3 Å². The lowest BCUT2D eigenvalue weighted by atomic mass is 10.1. The topological polar surface area (TPSA) is 113 Å². The summed E-state index contributed by atoms with van der Waals surface area (Å²) in [6.07, 6.45) is 0. The second-order valence-corrected chi connectivity index (χ2v) is 4.84. The summed E-state index contributed by atoms with van der Waals surface area (Å²) in [5, 5.41) is 22.6. The molecular weight excluding hydrogens is 278 g/mol. The zero-order valence-corrected chi connectivity index (χ0v) is 12.0. The molecule has 1 aromatic rings. The van der Waals surface area contributed by atoms with Crippen LogP contribution in [0.5, 0.6) is 0 Å². The molecule has 0 saturated carbocycles. The predicted octanol–water partition coefficient (Wildman–Crippen LogP) is 1.25. The van der Waals surface area contributed by atoms with Crippen molar-refractivity contribution in [2.24, 2.45) is 0 Å². The lowest BCUT2D eigenvalue weighted by molar-refractivity contribution is -0.384. The monoisotopic (exact) mass is 295 g/mol. The molecule has 0 bridgehead atoms. The van der Waals surface area contributed by atoms with E-state index in [9.17, 15) is 19.7 Å². The number of hydrogen-bond donors (Lipinski definition) is 2. The van der Waals surface area contributed by atoms with Crippen LogP contribution in [0.2, 0.25) is 0 Å². The molecule has 0 spiro atoms. The van der Waals surface area contributed by atoms with Gasteiger partial charge in [0.2, 0.25) is 5.91 Å². The van der Waals surface area contributed by atoms with Gasteiger partial charge in [-0.05, 0) is 26.0 Å². The largest absolute Gasteiger partial charge is 0.478 e. The number of carboxylic acid groups (broad SMARTS) is 1. The van der Waals surface area contributed by atoms with E-state index in [4.69, 9.17) is 5.11 Å². The summed E-state index contributed by atoms with van der Waals surface area (Å²) in [5.74, 6) is -1.49. The molecular formula is C13H17N3O5. The number of nitro groups is 1. The van der Waals surface area contributed by atoms with Crippen molar-refractivity contribution in [2.45, 2.75) is 19.9 Å². The summed E-state index contributed by atoms with van der Waals surface area (Å²) in [6, 6.07) is 3.41. The third-order valence-electron chi connectivity index (χ3n) is 2.66. The maximum absolute atomic E-state index is 11.7. The van der Waals surface area contributed by atoms with E-state index in [0.29, 0.717) is 0 Å². The van der Waals surface area contributed by atoms with Crippen molar-refractivity contribution >= 4 is 23.3 Å². The van der Waals surface area contributed by atoms with Crippen LogP contribution in [0.4, 0.5) is 11.4 Å². The Kier molecular flexibility index (Phi) is 5.23. The van der Waals surface area contributed by atoms with Crippen LogP contribution in [-0.4, -0.2) is 41.5 Å². The molecule has 0 aromatic heterocycles. The summed E-state index contributed by atoms with van der Waals surface area (Å²) >= 11 is 0. The number of nitro benzene ring substituents is 1. The van der Waals surface area contributed by atoms with E-state index in [1.807, 2.05) is 0 Å². The third kappa shape index (κ3) is 4.44. The Labute approximate surface area is 121 Å². The quantitative estimate of drug-likeness (QED) is 0.603. The lowest BCUT2D eigenvalue weighted by Crippen LogP contribution is -2.38. The SMILES string of the molecule is CC(C)NC(=O)CN(C)c1cc(C(=O)O)ccc1[N+](=O)[O-]. The van der Waals surface area contributed by atoms with Crippen LogP contribution < -0.4 is 10.2 Å². The van der Waals surface area contributed by atoms with Crippen LogP contribution >= 0.6 is 0 Å². The van der Waals surface area contributed by atoms with Crippen LogP contribution in [0.15, 0.2) is 18.2 Å². The van der Waals surface area contributed by atoms with Crippen molar-refractivity contribution in [3.8, 4) is 0 Å². The van der Waals surface area contributed by atoms with Gasteiger partial charge in [-0.15, -0.1) is 0 Å². The molecule has 0 unspecified atom stereocenters. The fourth-order valence-electron chi connectivity index (χ4n) is 1.78. The molecule has 0 saturated heterocycles. The molecule has 0 atom stereocenters. The molecule has 114 valence electrons. The molecule has 1 rings (SSSR count). The number of benzene rings is 1. The van der Waals surface area contributed by atoms with Gasteiger partial charge in [-0.1, -0.05) is 0 Å². The van der Waals surface area contributed by atoms with E-state index in [2.05, 4.69) is 5.32 Å². The van der Waals surface area contributed by atoms with Crippen LogP contribution in [0.1, 0.15) is 24.2 Å². The Morgan fingerprint density at radius 1 is 1.43 bits per heavy atom. The zero-order valence-electron chi connectivity index (χ0n) is 12.0. The molecule has 0 aliphatic carbocycles. The second-order valence-electron chi connectivity index (χ2n) is 4.84. The van der Waals surface area contributed by atoms with Gasteiger partial charge >= 0.3 is 5.97 Å². The first-order chi connectivity index (χ1) is 9.72. The van der Waals surface area contributed by atoms with Crippen LogP contribution in [-0.2, 0) is 4.79 Å². The molecule has 1 amide bonds. The molecule has 21 heavy (non-hydrogen) atoms. The Bertz CT molecular complexity index is 571. The van der Waals surface area contributed by atoms with E-state index < -0.39 is 10.9 Å². The predicted molar refractivity (Wildman–Crippen MR) is 76.6 cm³/mol. The first-order valence-electron chi connectivity index (χ1n) is 6.24. The number of anilines is 1. The maximum Gasteiger partial charge on any atom is 0.335 e. The molecule has 8 heteroatoms. The standard InChI is InChI=1S/C13H17N3O5/c1-8(2)14-12(17)7-15(3)11-6-9(13(18)19)4-5-10(11)16(20)21/h4-6,8H,7H2,1-3H3,(H,14,17)(H,18,19). The molecule has 0 heterocycles. The van der Waals surface area contributed by atoms with Gasteiger partial charge in [0.15, 0.2) is 0 Å². The summed E-state index contributed by atoms with van der Waals surface area (Å²) in [5.41, 5.74) is -0.245. The van der Waals surface area contributed by atoms with Crippen molar-refractivity contribution in [3.63, 3.8) is 0 Å². The Hall–Kier alpha value is -2.64. The highest BCUT2D eigenvalue weighted by Gasteiger charge is 2.21. The molecule has 8 nitrogen and oxygen atoms in total. The molecule has 0 radical (unpaired) electrons. The Morgan fingerprint density at radius 2 is 2.05 bits per heavy atom. The van der Waals surface area contributed by atoms with E-state index in [0.717, 1.165) is 12.1 Å². The first kappa shape index (κ1) is 16.4. The van der Waals surface area contributed by atoms with E-state index in [-0.39, 0.29) is 35.4 Å². The van der Waals surface area contributed by atoms with Gasteiger partial charge in [-0.3, -0.25) is 14.9 Å². The number of rotatable bonds is 6. The van der Waals surface area contributed by atoms with Crippen molar-refractivity contribution in [1.29, 1.82) is 0 Å².